The number of hydrogen-bond acceptors (Lipinski definition) is 5. The third-order valence-corrected chi connectivity index (χ3v) is 3.50. The second-order valence-electron chi connectivity index (χ2n) is 4.02. The molecule has 0 saturated carbocycles. The Morgan fingerprint density at radius 3 is 2.38 bits per heavy atom. The number of ether oxygens (including phenoxy) is 1. The SMILES string of the molecule is [B]Cc1cccc(C(=O)OCC(F)(F)S(=O)(=O)[O-])c1C[B]. The molecule has 0 amide bonds. The van der Waals surface area contributed by atoms with E-state index in [9.17, 15) is 26.5 Å². The average molecular weight is 313 g/mol. The first-order valence-electron chi connectivity index (χ1n) is 5.65. The molecule has 0 spiro atoms. The van der Waals surface area contributed by atoms with Crippen molar-refractivity contribution in [1.82, 2.24) is 0 Å². The van der Waals surface area contributed by atoms with Gasteiger partial charge in [-0.05, 0) is 11.6 Å². The summed E-state index contributed by atoms with van der Waals surface area (Å²) < 4.78 is 60.9. The van der Waals surface area contributed by atoms with Crippen LogP contribution in [0.5, 0.6) is 0 Å². The predicted octanol–water partition coefficient (Wildman–Crippen LogP) is 0.318. The fourth-order valence-corrected chi connectivity index (χ4v) is 1.76. The lowest BCUT2D eigenvalue weighted by molar-refractivity contribution is -0.0100. The summed E-state index contributed by atoms with van der Waals surface area (Å²) in [6, 6.07) is 4.31. The van der Waals surface area contributed by atoms with Crippen LogP contribution in [0.25, 0.3) is 0 Å². The van der Waals surface area contributed by atoms with Crippen LogP contribution in [0.3, 0.4) is 0 Å². The highest BCUT2D eigenvalue weighted by Gasteiger charge is 2.39. The topological polar surface area (TPSA) is 83.5 Å². The minimum absolute atomic E-state index is 0.0682. The lowest BCUT2D eigenvalue weighted by Gasteiger charge is -2.20. The summed E-state index contributed by atoms with van der Waals surface area (Å²) in [7, 11) is 4.99. The smallest absolute Gasteiger partial charge is 0.367 e. The average Bonchev–Trinajstić information content (AvgIpc) is 2.42. The molecule has 0 saturated heterocycles. The van der Waals surface area contributed by atoms with Crippen LogP contribution in [-0.4, -0.2) is 46.5 Å². The van der Waals surface area contributed by atoms with Crippen LogP contribution in [0.4, 0.5) is 8.78 Å². The normalized spacial score (nSPS) is 12.1. The van der Waals surface area contributed by atoms with Crippen LogP contribution in [0, 0.1) is 0 Å². The lowest BCUT2D eigenvalue weighted by atomic mass is 9.84. The molecule has 0 fully saturated rings. The second kappa shape index (κ2) is 6.57. The number of rotatable bonds is 6. The molecule has 110 valence electrons. The fraction of sp³-hybridized carbons (Fsp3) is 0.364. The molecular formula is C11H9B2F2O5S-. The lowest BCUT2D eigenvalue weighted by Crippen LogP contribution is -2.35. The summed E-state index contributed by atoms with van der Waals surface area (Å²) in [4.78, 5) is 11.7. The zero-order valence-corrected chi connectivity index (χ0v) is 11.5. The molecule has 4 radical (unpaired) electrons. The summed E-state index contributed by atoms with van der Waals surface area (Å²) in [6.45, 7) is -1.87. The van der Waals surface area contributed by atoms with Crippen molar-refractivity contribution in [3.63, 3.8) is 0 Å². The quantitative estimate of drug-likeness (QED) is 0.429. The van der Waals surface area contributed by atoms with Crippen molar-refractivity contribution in [3.05, 3.63) is 34.9 Å². The molecule has 1 aromatic rings. The van der Waals surface area contributed by atoms with Gasteiger partial charge in [-0.25, -0.2) is 13.2 Å². The van der Waals surface area contributed by atoms with Gasteiger partial charge in [0, 0.05) is 0 Å². The standard InChI is InChI=1S/C11H10B2F2O5S/c12-4-7-2-1-3-8(9(7)5-13)10(16)20-6-11(14,15)21(17,18)19/h1-3H,4-6H2,(H,17,18,19)/p-1. The van der Waals surface area contributed by atoms with E-state index in [0.717, 1.165) is 0 Å². The zero-order chi connectivity index (χ0) is 16.3. The first kappa shape index (κ1) is 17.6. The van der Waals surface area contributed by atoms with Gasteiger partial charge < -0.3 is 9.29 Å². The molecule has 0 aromatic heterocycles. The summed E-state index contributed by atoms with van der Waals surface area (Å²) in [5.74, 6) is -1.21. The van der Waals surface area contributed by atoms with Gasteiger partial charge in [0.2, 0.25) is 0 Å². The third kappa shape index (κ3) is 4.04. The Bertz CT molecular complexity index is 634. The molecule has 0 aliphatic heterocycles. The number of benzene rings is 1. The highest BCUT2D eigenvalue weighted by Crippen LogP contribution is 2.22. The molecule has 0 aliphatic rings. The van der Waals surface area contributed by atoms with Crippen LogP contribution in [-0.2, 0) is 27.5 Å². The van der Waals surface area contributed by atoms with Crippen molar-refractivity contribution in [2.24, 2.45) is 0 Å². The molecule has 0 N–H and O–H groups in total. The van der Waals surface area contributed by atoms with E-state index in [4.69, 9.17) is 15.7 Å². The van der Waals surface area contributed by atoms with E-state index in [-0.39, 0.29) is 18.2 Å². The van der Waals surface area contributed by atoms with Crippen LogP contribution in [0.15, 0.2) is 18.2 Å². The van der Waals surface area contributed by atoms with Gasteiger partial charge in [0.15, 0.2) is 16.7 Å². The molecule has 0 bridgehead atoms. The molecule has 1 aromatic carbocycles. The third-order valence-electron chi connectivity index (χ3n) is 2.65. The van der Waals surface area contributed by atoms with Crippen LogP contribution in [0.1, 0.15) is 21.5 Å². The van der Waals surface area contributed by atoms with Crippen molar-refractivity contribution in [1.29, 1.82) is 0 Å². The van der Waals surface area contributed by atoms with Gasteiger partial charge >= 0.3 is 11.2 Å². The molecule has 10 heteroatoms. The number of carbonyl (C=O) groups is 1. The Balaban J connectivity index is 2.96. The van der Waals surface area contributed by atoms with Gasteiger partial charge in [0.25, 0.3) is 0 Å². The Labute approximate surface area is 123 Å². The van der Waals surface area contributed by atoms with Crippen molar-refractivity contribution in [3.8, 4) is 0 Å². The molecule has 0 unspecified atom stereocenters. The molecule has 1 rings (SSSR count). The maximum atomic E-state index is 12.9. The van der Waals surface area contributed by atoms with Crippen molar-refractivity contribution >= 4 is 31.8 Å². The second-order valence-corrected chi connectivity index (χ2v) is 5.52. The van der Waals surface area contributed by atoms with Gasteiger partial charge in [0.05, 0.1) is 21.3 Å². The molecule has 5 nitrogen and oxygen atoms in total. The monoisotopic (exact) mass is 313 g/mol. The number of halogens is 2. The van der Waals surface area contributed by atoms with Crippen LogP contribution >= 0.6 is 0 Å². The Morgan fingerprint density at radius 1 is 1.29 bits per heavy atom. The summed E-state index contributed by atoms with van der Waals surface area (Å²) in [5, 5.41) is -4.70. The maximum absolute atomic E-state index is 12.9. The number of esters is 1. The van der Waals surface area contributed by atoms with E-state index in [0.29, 0.717) is 11.1 Å². The molecule has 0 aliphatic carbocycles. The van der Waals surface area contributed by atoms with E-state index in [1.54, 1.807) is 6.07 Å². The zero-order valence-electron chi connectivity index (χ0n) is 10.7. The fourth-order valence-electron chi connectivity index (χ4n) is 1.56. The van der Waals surface area contributed by atoms with Gasteiger partial charge in [0.1, 0.15) is 0 Å². The Kier molecular flexibility index (Phi) is 5.52. The summed E-state index contributed by atoms with van der Waals surface area (Å²) >= 11 is 0. The number of alkyl halides is 2. The molecular weight excluding hydrogens is 304 g/mol. The van der Waals surface area contributed by atoms with Gasteiger partial charge in [-0.2, -0.15) is 8.78 Å². The van der Waals surface area contributed by atoms with Gasteiger partial charge in [-0.3, -0.25) is 0 Å². The highest BCUT2D eigenvalue weighted by atomic mass is 32.2. The largest absolute Gasteiger partial charge is 0.743 e. The highest BCUT2D eigenvalue weighted by molar-refractivity contribution is 7.86. The van der Waals surface area contributed by atoms with Gasteiger partial charge in [-0.1, -0.05) is 30.3 Å². The van der Waals surface area contributed by atoms with E-state index >= 15 is 0 Å². The van der Waals surface area contributed by atoms with Crippen molar-refractivity contribution in [2.45, 2.75) is 17.9 Å². The van der Waals surface area contributed by atoms with E-state index in [1.807, 2.05) is 0 Å². The number of hydrogen-bond donors (Lipinski definition) is 0. The van der Waals surface area contributed by atoms with E-state index < -0.39 is 27.9 Å². The van der Waals surface area contributed by atoms with E-state index in [2.05, 4.69) is 4.74 Å². The molecule has 0 atom stereocenters. The molecule has 0 heterocycles. The predicted molar refractivity (Wildman–Crippen MR) is 70.3 cm³/mol. The first-order valence-corrected chi connectivity index (χ1v) is 7.06. The summed E-state index contributed by atoms with van der Waals surface area (Å²) in [6.07, 6.45) is -0.0210. The van der Waals surface area contributed by atoms with E-state index in [1.165, 1.54) is 12.1 Å². The number of carbonyl (C=O) groups excluding carboxylic acids is 1. The Hall–Kier alpha value is -1.41. The first-order chi connectivity index (χ1) is 9.64. The van der Waals surface area contributed by atoms with Crippen molar-refractivity contribution < 1.29 is 31.3 Å². The molecule has 21 heavy (non-hydrogen) atoms. The Morgan fingerprint density at radius 2 is 1.90 bits per heavy atom. The minimum atomic E-state index is -5.91. The van der Waals surface area contributed by atoms with Crippen LogP contribution < -0.4 is 0 Å². The summed E-state index contributed by atoms with van der Waals surface area (Å²) in [5.41, 5.74) is 0.716. The van der Waals surface area contributed by atoms with Crippen molar-refractivity contribution in [2.75, 3.05) is 6.61 Å². The van der Waals surface area contributed by atoms with Gasteiger partial charge in [-0.15, -0.1) is 0 Å². The maximum Gasteiger partial charge on any atom is 0.367 e. The minimum Gasteiger partial charge on any atom is -0.743 e. The van der Waals surface area contributed by atoms with Crippen LogP contribution in [0.2, 0.25) is 0 Å².